The Morgan fingerprint density at radius 2 is 2.05 bits per heavy atom. The van der Waals surface area contributed by atoms with Crippen molar-refractivity contribution in [1.82, 2.24) is 14.1 Å². The summed E-state index contributed by atoms with van der Waals surface area (Å²) in [5.41, 5.74) is 1.24. The standard InChI is InChI=1S/C14H24ClN3O2S/c1-4-17(10-13-6-5-7-13)21(19,20)14-11(2)16-18(9-8-15)12(14)3/h13H,4-10H2,1-3H3. The highest BCUT2D eigenvalue weighted by molar-refractivity contribution is 7.89. The molecule has 0 amide bonds. The Morgan fingerprint density at radius 1 is 1.38 bits per heavy atom. The molecule has 5 nitrogen and oxygen atoms in total. The summed E-state index contributed by atoms with van der Waals surface area (Å²) in [6.07, 6.45) is 3.49. The highest BCUT2D eigenvalue weighted by Gasteiger charge is 2.32. The summed E-state index contributed by atoms with van der Waals surface area (Å²) in [6.45, 7) is 7.10. The number of halogens is 1. The van der Waals surface area contributed by atoms with Gasteiger partial charge in [-0.05, 0) is 32.6 Å². The van der Waals surface area contributed by atoms with Crippen LogP contribution in [0.5, 0.6) is 0 Å². The normalized spacial score (nSPS) is 16.4. The summed E-state index contributed by atoms with van der Waals surface area (Å²) >= 11 is 5.75. The average Bonchev–Trinajstić information content (AvgIpc) is 2.63. The molecule has 1 aliphatic carbocycles. The Balaban J connectivity index is 2.32. The molecule has 0 bridgehead atoms. The van der Waals surface area contributed by atoms with Gasteiger partial charge in [0.2, 0.25) is 10.0 Å². The van der Waals surface area contributed by atoms with E-state index >= 15 is 0 Å². The van der Waals surface area contributed by atoms with Crippen molar-refractivity contribution in [3.05, 3.63) is 11.4 Å². The van der Waals surface area contributed by atoms with Crippen LogP contribution in [0.15, 0.2) is 4.90 Å². The number of aryl methyl sites for hydroxylation is 2. The van der Waals surface area contributed by atoms with Crippen LogP contribution in [-0.2, 0) is 16.6 Å². The minimum Gasteiger partial charge on any atom is -0.267 e. The maximum absolute atomic E-state index is 12.9. The first-order chi connectivity index (χ1) is 9.91. The summed E-state index contributed by atoms with van der Waals surface area (Å²) in [7, 11) is -3.47. The Labute approximate surface area is 132 Å². The van der Waals surface area contributed by atoms with Gasteiger partial charge in [-0.1, -0.05) is 13.3 Å². The van der Waals surface area contributed by atoms with Crippen molar-refractivity contribution in [3.8, 4) is 0 Å². The van der Waals surface area contributed by atoms with Crippen molar-refractivity contribution in [2.45, 2.75) is 51.5 Å². The molecule has 1 saturated carbocycles. The summed E-state index contributed by atoms with van der Waals surface area (Å²) in [5.74, 6) is 0.930. The maximum atomic E-state index is 12.9. The molecule has 120 valence electrons. The van der Waals surface area contributed by atoms with E-state index in [1.807, 2.05) is 6.92 Å². The van der Waals surface area contributed by atoms with Gasteiger partial charge in [-0.15, -0.1) is 11.6 Å². The smallest absolute Gasteiger partial charge is 0.246 e. The number of hydrogen-bond donors (Lipinski definition) is 0. The minimum atomic E-state index is -3.47. The second kappa shape index (κ2) is 6.67. The van der Waals surface area contributed by atoms with Crippen molar-refractivity contribution < 1.29 is 8.42 Å². The van der Waals surface area contributed by atoms with E-state index in [0.717, 1.165) is 12.8 Å². The van der Waals surface area contributed by atoms with Crippen molar-refractivity contribution in [2.75, 3.05) is 19.0 Å². The van der Waals surface area contributed by atoms with Gasteiger partial charge in [0.05, 0.1) is 17.9 Å². The molecule has 1 aromatic heterocycles. The van der Waals surface area contributed by atoms with E-state index in [1.54, 1.807) is 22.8 Å². The maximum Gasteiger partial charge on any atom is 0.246 e. The van der Waals surface area contributed by atoms with Crippen molar-refractivity contribution >= 4 is 21.6 Å². The number of hydrogen-bond acceptors (Lipinski definition) is 3. The first kappa shape index (κ1) is 16.8. The van der Waals surface area contributed by atoms with Crippen LogP contribution in [0.2, 0.25) is 0 Å². The predicted molar refractivity (Wildman–Crippen MR) is 84.2 cm³/mol. The van der Waals surface area contributed by atoms with Crippen LogP contribution in [0.3, 0.4) is 0 Å². The fourth-order valence-electron chi connectivity index (χ4n) is 2.84. The van der Waals surface area contributed by atoms with Gasteiger partial charge in [-0.2, -0.15) is 9.40 Å². The van der Waals surface area contributed by atoms with Crippen molar-refractivity contribution in [3.63, 3.8) is 0 Å². The number of alkyl halides is 1. The molecule has 1 aromatic rings. The summed E-state index contributed by atoms with van der Waals surface area (Å²) in [5, 5.41) is 4.32. The molecule has 1 heterocycles. The molecular weight excluding hydrogens is 310 g/mol. The van der Waals surface area contributed by atoms with E-state index in [2.05, 4.69) is 5.10 Å². The Bertz CT molecular complexity index is 594. The van der Waals surface area contributed by atoms with Crippen LogP contribution in [0.25, 0.3) is 0 Å². The lowest BCUT2D eigenvalue weighted by Crippen LogP contribution is -2.37. The molecule has 2 rings (SSSR count). The fourth-order valence-corrected chi connectivity index (χ4v) is 4.90. The number of nitrogens with zero attached hydrogens (tertiary/aromatic N) is 3. The lowest BCUT2D eigenvalue weighted by molar-refractivity contribution is 0.250. The average molecular weight is 334 g/mol. The monoisotopic (exact) mass is 333 g/mol. The lowest BCUT2D eigenvalue weighted by atomic mass is 9.85. The van der Waals surface area contributed by atoms with E-state index in [1.165, 1.54) is 6.42 Å². The van der Waals surface area contributed by atoms with Crippen LogP contribution in [0, 0.1) is 19.8 Å². The quantitative estimate of drug-likeness (QED) is 0.720. The van der Waals surface area contributed by atoms with Gasteiger partial charge in [0.25, 0.3) is 0 Å². The second-order valence-electron chi connectivity index (χ2n) is 5.66. The molecule has 0 aliphatic heterocycles. The Morgan fingerprint density at radius 3 is 2.52 bits per heavy atom. The van der Waals surface area contributed by atoms with Gasteiger partial charge < -0.3 is 0 Å². The first-order valence-electron chi connectivity index (χ1n) is 7.52. The highest BCUT2D eigenvalue weighted by atomic mass is 35.5. The molecule has 1 aliphatic rings. The number of sulfonamides is 1. The van der Waals surface area contributed by atoms with Crippen LogP contribution in [-0.4, -0.2) is 41.5 Å². The first-order valence-corrected chi connectivity index (χ1v) is 9.49. The van der Waals surface area contributed by atoms with E-state index in [-0.39, 0.29) is 0 Å². The minimum absolute atomic E-state index is 0.355. The molecule has 0 saturated heterocycles. The molecule has 21 heavy (non-hydrogen) atoms. The zero-order valence-electron chi connectivity index (χ0n) is 13.0. The SMILES string of the molecule is CCN(CC1CCC1)S(=O)(=O)c1c(C)nn(CCCl)c1C. The van der Waals surface area contributed by atoms with Gasteiger partial charge in [-0.25, -0.2) is 8.42 Å². The van der Waals surface area contributed by atoms with Gasteiger partial charge in [0.15, 0.2) is 0 Å². The molecule has 7 heteroatoms. The molecule has 0 aromatic carbocycles. The Hall–Kier alpha value is -0.590. The third-order valence-electron chi connectivity index (χ3n) is 4.25. The summed E-state index contributed by atoms with van der Waals surface area (Å²) in [6, 6.07) is 0. The second-order valence-corrected chi connectivity index (χ2v) is 7.92. The third kappa shape index (κ3) is 3.27. The molecule has 0 spiro atoms. The van der Waals surface area contributed by atoms with Gasteiger partial charge >= 0.3 is 0 Å². The van der Waals surface area contributed by atoms with Crippen molar-refractivity contribution in [2.24, 2.45) is 5.92 Å². The molecule has 0 unspecified atom stereocenters. The summed E-state index contributed by atoms with van der Waals surface area (Å²) < 4.78 is 29.2. The predicted octanol–water partition coefficient (Wildman–Crippen LogP) is 2.55. The number of aromatic nitrogens is 2. The Kier molecular flexibility index (Phi) is 5.33. The van der Waals surface area contributed by atoms with Gasteiger partial charge in [0.1, 0.15) is 4.90 Å². The van der Waals surface area contributed by atoms with Crippen LogP contribution in [0.4, 0.5) is 0 Å². The lowest BCUT2D eigenvalue weighted by Gasteiger charge is -2.31. The van der Waals surface area contributed by atoms with E-state index in [4.69, 9.17) is 11.6 Å². The molecule has 1 fully saturated rings. The van der Waals surface area contributed by atoms with Crippen molar-refractivity contribution in [1.29, 1.82) is 0 Å². The van der Waals surface area contributed by atoms with Crippen LogP contribution in [0.1, 0.15) is 37.6 Å². The van der Waals surface area contributed by atoms with E-state index in [0.29, 0.717) is 47.7 Å². The molecule has 0 radical (unpaired) electrons. The fraction of sp³-hybridized carbons (Fsp3) is 0.786. The van der Waals surface area contributed by atoms with Gasteiger partial charge in [0, 0.05) is 19.0 Å². The summed E-state index contributed by atoms with van der Waals surface area (Å²) in [4.78, 5) is 0.355. The molecular formula is C14H24ClN3O2S. The zero-order chi connectivity index (χ0) is 15.6. The molecule has 0 N–H and O–H groups in total. The van der Waals surface area contributed by atoms with Crippen LogP contribution >= 0.6 is 11.6 Å². The highest BCUT2D eigenvalue weighted by Crippen LogP contribution is 2.30. The topological polar surface area (TPSA) is 55.2 Å². The molecule has 0 atom stereocenters. The van der Waals surface area contributed by atoms with Crippen LogP contribution < -0.4 is 0 Å². The van der Waals surface area contributed by atoms with Gasteiger partial charge in [-0.3, -0.25) is 4.68 Å². The zero-order valence-corrected chi connectivity index (χ0v) is 14.5. The number of rotatable bonds is 7. The van der Waals surface area contributed by atoms with E-state index < -0.39 is 10.0 Å². The largest absolute Gasteiger partial charge is 0.267 e. The van der Waals surface area contributed by atoms with E-state index in [9.17, 15) is 8.42 Å². The third-order valence-corrected chi connectivity index (χ3v) is 6.61.